The molecule has 0 aliphatic heterocycles. The van der Waals surface area contributed by atoms with Gasteiger partial charge in [0.2, 0.25) is 10.0 Å². The molecule has 0 fully saturated rings. The monoisotopic (exact) mass is 288 g/mol. The van der Waals surface area contributed by atoms with E-state index in [4.69, 9.17) is 10.5 Å². The van der Waals surface area contributed by atoms with Crippen LogP contribution in [0, 0.1) is 0 Å². The minimum atomic E-state index is -3.44. The number of thiocarbonyl (C=S) groups is 1. The third-order valence-electron chi connectivity index (χ3n) is 2.36. The van der Waals surface area contributed by atoms with Crippen LogP contribution in [0.25, 0.3) is 0 Å². The van der Waals surface area contributed by atoms with Crippen molar-refractivity contribution in [3.63, 3.8) is 0 Å². The van der Waals surface area contributed by atoms with Gasteiger partial charge in [0, 0.05) is 13.6 Å². The smallest absolute Gasteiger partial charge is 0.220 e. The molecular formula is C11H16N2O3S2. The molecule has 0 atom stereocenters. The van der Waals surface area contributed by atoms with Crippen molar-refractivity contribution in [2.75, 3.05) is 19.9 Å². The Bertz CT molecular complexity index is 512. The molecule has 1 aromatic rings. The van der Waals surface area contributed by atoms with E-state index in [-0.39, 0.29) is 17.3 Å². The average Bonchev–Trinajstić information content (AvgIpc) is 2.28. The van der Waals surface area contributed by atoms with Crippen molar-refractivity contribution in [1.82, 2.24) is 4.31 Å². The SMILES string of the molecule is COc1ccc(CN(C)S(=O)(=O)CC(N)=S)cc1. The average molecular weight is 288 g/mol. The molecule has 18 heavy (non-hydrogen) atoms. The predicted molar refractivity (Wildman–Crippen MR) is 75.0 cm³/mol. The molecule has 0 heterocycles. The summed E-state index contributed by atoms with van der Waals surface area (Å²) in [7, 11) is -0.363. The van der Waals surface area contributed by atoms with Crippen molar-refractivity contribution < 1.29 is 13.2 Å². The van der Waals surface area contributed by atoms with Crippen LogP contribution in [0.5, 0.6) is 5.75 Å². The predicted octanol–water partition coefficient (Wildman–Crippen LogP) is 0.743. The van der Waals surface area contributed by atoms with Crippen LogP contribution in [-0.2, 0) is 16.6 Å². The molecule has 2 N–H and O–H groups in total. The van der Waals surface area contributed by atoms with Crippen LogP contribution in [0.2, 0.25) is 0 Å². The minimum Gasteiger partial charge on any atom is -0.497 e. The van der Waals surface area contributed by atoms with E-state index in [1.165, 1.54) is 11.4 Å². The number of sulfonamides is 1. The number of methoxy groups -OCH3 is 1. The highest BCUT2D eigenvalue weighted by Crippen LogP contribution is 2.13. The molecule has 7 heteroatoms. The topological polar surface area (TPSA) is 72.6 Å². The zero-order chi connectivity index (χ0) is 13.8. The van der Waals surface area contributed by atoms with Gasteiger partial charge < -0.3 is 10.5 Å². The summed E-state index contributed by atoms with van der Waals surface area (Å²) in [6.45, 7) is 0.273. The summed E-state index contributed by atoms with van der Waals surface area (Å²) in [5.74, 6) is 0.419. The highest BCUT2D eigenvalue weighted by molar-refractivity contribution is 7.92. The Morgan fingerprint density at radius 1 is 1.39 bits per heavy atom. The maximum absolute atomic E-state index is 11.8. The lowest BCUT2D eigenvalue weighted by molar-refractivity contribution is 0.414. The molecule has 5 nitrogen and oxygen atoms in total. The molecule has 0 bridgehead atoms. The van der Waals surface area contributed by atoms with Crippen molar-refractivity contribution >= 4 is 27.2 Å². The Hall–Kier alpha value is -1.18. The molecule has 0 aromatic heterocycles. The van der Waals surface area contributed by atoms with E-state index in [1.807, 2.05) is 12.1 Å². The largest absolute Gasteiger partial charge is 0.497 e. The third-order valence-corrected chi connectivity index (χ3v) is 4.45. The Morgan fingerprint density at radius 2 is 1.94 bits per heavy atom. The number of ether oxygens (including phenoxy) is 1. The summed E-state index contributed by atoms with van der Waals surface area (Å²) in [4.78, 5) is -0.0309. The number of benzene rings is 1. The van der Waals surface area contributed by atoms with Gasteiger partial charge in [0.05, 0.1) is 12.1 Å². The molecule has 0 amide bonds. The third kappa shape index (κ3) is 4.25. The second kappa shape index (κ2) is 6.12. The number of nitrogens with two attached hydrogens (primary N) is 1. The van der Waals surface area contributed by atoms with Gasteiger partial charge in [-0.15, -0.1) is 0 Å². The van der Waals surface area contributed by atoms with Crippen LogP contribution >= 0.6 is 12.2 Å². The summed E-state index contributed by atoms with van der Waals surface area (Å²) in [5, 5.41) is 0. The quantitative estimate of drug-likeness (QED) is 0.782. The zero-order valence-corrected chi connectivity index (χ0v) is 11.9. The van der Waals surface area contributed by atoms with Crippen molar-refractivity contribution in [2.24, 2.45) is 5.73 Å². The molecule has 0 saturated carbocycles. The van der Waals surface area contributed by atoms with E-state index in [0.717, 1.165) is 11.3 Å². The highest BCUT2D eigenvalue weighted by Gasteiger charge is 2.18. The van der Waals surface area contributed by atoms with Gasteiger partial charge in [0.1, 0.15) is 11.5 Å². The molecule has 1 aromatic carbocycles. The zero-order valence-electron chi connectivity index (χ0n) is 10.3. The first-order valence-corrected chi connectivity index (χ1v) is 7.22. The molecule has 100 valence electrons. The van der Waals surface area contributed by atoms with E-state index in [9.17, 15) is 8.42 Å². The van der Waals surface area contributed by atoms with Gasteiger partial charge in [-0.1, -0.05) is 24.4 Å². The fourth-order valence-electron chi connectivity index (χ4n) is 1.38. The second-order valence-corrected chi connectivity index (χ2v) is 6.43. The molecule has 1 rings (SSSR count). The van der Waals surface area contributed by atoms with E-state index in [1.54, 1.807) is 19.2 Å². The number of nitrogens with zero attached hydrogens (tertiary/aromatic N) is 1. The van der Waals surface area contributed by atoms with Gasteiger partial charge in [-0.2, -0.15) is 0 Å². The van der Waals surface area contributed by atoms with Gasteiger partial charge >= 0.3 is 0 Å². The Morgan fingerprint density at radius 3 is 2.39 bits per heavy atom. The molecule has 0 aliphatic rings. The number of hydrogen-bond donors (Lipinski definition) is 1. The van der Waals surface area contributed by atoms with Crippen molar-refractivity contribution in [3.8, 4) is 5.75 Å². The lowest BCUT2D eigenvalue weighted by atomic mass is 10.2. The second-order valence-electron chi connectivity index (χ2n) is 3.83. The van der Waals surface area contributed by atoms with Gasteiger partial charge in [0.25, 0.3) is 0 Å². The first-order chi connectivity index (χ1) is 8.35. The highest BCUT2D eigenvalue weighted by atomic mass is 32.2. The summed E-state index contributed by atoms with van der Waals surface area (Å²) in [5.41, 5.74) is 6.12. The Labute approximate surface area is 113 Å². The van der Waals surface area contributed by atoms with Crippen LogP contribution in [0.4, 0.5) is 0 Å². The van der Waals surface area contributed by atoms with Crippen LogP contribution in [0.15, 0.2) is 24.3 Å². The lowest BCUT2D eigenvalue weighted by Gasteiger charge is -2.16. The summed E-state index contributed by atoms with van der Waals surface area (Å²) < 4.78 is 29.9. The molecule has 0 aliphatic carbocycles. The van der Waals surface area contributed by atoms with Gasteiger partial charge in [-0.05, 0) is 17.7 Å². The Kier molecular flexibility index (Phi) is 5.06. The fraction of sp³-hybridized carbons (Fsp3) is 0.364. The van der Waals surface area contributed by atoms with Gasteiger partial charge in [-0.3, -0.25) is 0 Å². The normalized spacial score (nSPS) is 11.5. The van der Waals surface area contributed by atoms with E-state index >= 15 is 0 Å². The van der Waals surface area contributed by atoms with Crippen LogP contribution in [-0.4, -0.2) is 37.6 Å². The first-order valence-electron chi connectivity index (χ1n) is 5.20. The summed E-state index contributed by atoms with van der Waals surface area (Å²) >= 11 is 4.62. The van der Waals surface area contributed by atoms with Crippen LogP contribution in [0.3, 0.4) is 0 Å². The van der Waals surface area contributed by atoms with E-state index in [2.05, 4.69) is 12.2 Å². The molecule has 0 saturated heterocycles. The fourth-order valence-corrected chi connectivity index (χ4v) is 2.75. The van der Waals surface area contributed by atoms with E-state index < -0.39 is 10.0 Å². The maximum Gasteiger partial charge on any atom is 0.220 e. The minimum absolute atomic E-state index is 0.0309. The number of rotatable bonds is 6. The van der Waals surface area contributed by atoms with E-state index in [0.29, 0.717) is 0 Å². The van der Waals surface area contributed by atoms with Crippen molar-refractivity contribution in [3.05, 3.63) is 29.8 Å². The van der Waals surface area contributed by atoms with Gasteiger partial charge in [-0.25, -0.2) is 12.7 Å². The van der Waals surface area contributed by atoms with Crippen molar-refractivity contribution in [2.45, 2.75) is 6.54 Å². The van der Waals surface area contributed by atoms with Crippen molar-refractivity contribution in [1.29, 1.82) is 0 Å². The molecule has 0 spiro atoms. The van der Waals surface area contributed by atoms with Gasteiger partial charge in [0.15, 0.2) is 0 Å². The summed E-state index contributed by atoms with van der Waals surface area (Å²) in [6, 6.07) is 7.18. The summed E-state index contributed by atoms with van der Waals surface area (Å²) in [6.07, 6.45) is 0. The maximum atomic E-state index is 11.8. The standard InChI is InChI=1S/C11H16N2O3S2/c1-13(18(14,15)8-11(12)17)7-9-3-5-10(16-2)6-4-9/h3-6H,7-8H2,1-2H3,(H2,12,17). The molecule has 0 radical (unpaired) electrons. The number of hydrogen-bond acceptors (Lipinski definition) is 4. The first kappa shape index (κ1) is 14.9. The Balaban J connectivity index is 2.74. The molecule has 0 unspecified atom stereocenters. The molecular weight excluding hydrogens is 272 g/mol. The lowest BCUT2D eigenvalue weighted by Crippen LogP contribution is -2.33. The van der Waals surface area contributed by atoms with Crippen LogP contribution < -0.4 is 10.5 Å². The van der Waals surface area contributed by atoms with Crippen LogP contribution in [0.1, 0.15) is 5.56 Å².